The summed E-state index contributed by atoms with van der Waals surface area (Å²) in [5.41, 5.74) is -4.17. The summed E-state index contributed by atoms with van der Waals surface area (Å²) in [6.07, 6.45) is -6.42. The van der Waals surface area contributed by atoms with Crippen molar-refractivity contribution >= 4 is 27.6 Å². The number of methoxy groups -OCH3 is 2. The number of phosphoric ester groups is 2. The van der Waals surface area contributed by atoms with Gasteiger partial charge in [0.1, 0.15) is 104 Å². The van der Waals surface area contributed by atoms with Gasteiger partial charge in [0.25, 0.3) is 16.7 Å². The predicted molar refractivity (Wildman–Crippen MR) is 352 cm³/mol. The Morgan fingerprint density at radius 1 is 0.578 bits per heavy atom. The molecule has 0 aliphatic carbocycles. The third kappa shape index (κ3) is 18.2. The number of nitrogens with one attached hydrogen (secondary N) is 3. The molecule has 3 aliphatic heterocycles. The first kappa shape index (κ1) is 75.2. The Kier molecular flexibility index (Phi) is 24.7. The minimum Gasteiger partial charge on any atom is -0.497 e. The van der Waals surface area contributed by atoms with Crippen LogP contribution in [0.2, 0.25) is 0 Å². The lowest BCUT2D eigenvalue weighted by Crippen LogP contribution is -2.38. The van der Waals surface area contributed by atoms with Crippen LogP contribution in [0.15, 0.2) is 145 Å². The maximum Gasteiger partial charge on any atom is 0.475 e. The number of rotatable bonds is 33. The van der Waals surface area contributed by atoms with Crippen LogP contribution in [0.25, 0.3) is 0 Å². The van der Waals surface area contributed by atoms with E-state index in [1.54, 1.807) is 59.2 Å². The second kappa shape index (κ2) is 33.5. The number of ether oxygens (including phenoxy) is 8. The zero-order chi connectivity index (χ0) is 72.9. The number of carbonyl (C=O) groups is 2. The second-order valence-electron chi connectivity index (χ2n) is 23.8. The van der Waals surface area contributed by atoms with Crippen molar-refractivity contribution < 1.29 is 88.3 Å². The van der Waals surface area contributed by atoms with Crippen LogP contribution in [-0.2, 0) is 93.5 Å². The number of aryl methyl sites for hydroxylation is 4. The van der Waals surface area contributed by atoms with Crippen LogP contribution in [-0.4, -0.2) is 136 Å². The van der Waals surface area contributed by atoms with Crippen molar-refractivity contribution in [2.45, 2.75) is 127 Å². The van der Waals surface area contributed by atoms with Crippen molar-refractivity contribution in [2.75, 3.05) is 53.9 Å². The number of imidazole rings is 1. The van der Waals surface area contributed by atoms with E-state index in [0.717, 1.165) is 13.7 Å². The van der Waals surface area contributed by atoms with E-state index in [1.807, 2.05) is 66.7 Å². The molecule has 0 spiro atoms. The van der Waals surface area contributed by atoms with E-state index in [-0.39, 0.29) is 55.5 Å². The van der Waals surface area contributed by atoms with Crippen molar-refractivity contribution in [3.8, 4) is 23.6 Å². The zero-order valence-electron chi connectivity index (χ0n) is 56.2. The van der Waals surface area contributed by atoms with Gasteiger partial charge in [-0.1, -0.05) is 54.6 Å². The molecule has 10 rings (SSSR count). The molecular weight excluding hydrogens is 1380 g/mol. The summed E-state index contributed by atoms with van der Waals surface area (Å²) >= 11 is 0. The number of phosphoric acid groups is 2. The van der Waals surface area contributed by atoms with Crippen molar-refractivity contribution in [3.05, 3.63) is 212 Å². The fourth-order valence-electron chi connectivity index (χ4n) is 11.6. The molecular formula is C66H75N10O24P2+. The number of nitriles is 2. The fourth-order valence-corrected chi connectivity index (χ4v) is 14.4. The van der Waals surface area contributed by atoms with Crippen LogP contribution in [0.5, 0.6) is 11.5 Å². The van der Waals surface area contributed by atoms with E-state index in [1.165, 1.54) is 53.6 Å². The number of aromatic amines is 3. The Morgan fingerprint density at radius 3 is 1.42 bits per heavy atom. The van der Waals surface area contributed by atoms with Crippen molar-refractivity contribution in [3.63, 3.8) is 0 Å². The summed E-state index contributed by atoms with van der Waals surface area (Å²) in [4.78, 5) is 111. The van der Waals surface area contributed by atoms with E-state index < -0.39 is 168 Å². The molecule has 11 atom stereocenters. The Labute approximate surface area is 580 Å². The molecule has 0 bridgehead atoms. The van der Waals surface area contributed by atoms with E-state index in [0.29, 0.717) is 28.2 Å². The van der Waals surface area contributed by atoms with Gasteiger partial charge in [0.05, 0.1) is 79.3 Å². The summed E-state index contributed by atoms with van der Waals surface area (Å²) in [6, 6.07) is 27.2. The van der Waals surface area contributed by atoms with Crippen LogP contribution in [0.1, 0.15) is 90.6 Å². The molecule has 34 nitrogen and oxygen atoms in total. The molecule has 3 fully saturated rings. The molecule has 0 saturated carbocycles. The molecule has 36 heteroatoms. The Balaban J connectivity index is 0.953. The van der Waals surface area contributed by atoms with Gasteiger partial charge in [-0.2, -0.15) is 10.5 Å². The van der Waals surface area contributed by atoms with Crippen molar-refractivity contribution in [1.29, 1.82) is 10.5 Å². The molecule has 0 amide bonds. The molecule has 0 radical (unpaired) electrons. The normalized spacial score (nSPS) is 21.5. The van der Waals surface area contributed by atoms with Crippen LogP contribution in [0.4, 0.5) is 0 Å². The first-order valence-corrected chi connectivity index (χ1v) is 35.0. The lowest BCUT2D eigenvalue weighted by Gasteiger charge is -2.37. The van der Waals surface area contributed by atoms with Gasteiger partial charge in [0, 0.05) is 54.5 Å². The van der Waals surface area contributed by atoms with E-state index >= 15 is 9.13 Å². The van der Waals surface area contributed by atoms with Gasteiger partial charge >= 0.3 is 44.7 Å². The number of H-pyrrole nitrogens is 3. The monoisotopic (exact) mass is 1450 g/mol. The van der Waals surface area contributed by atoms with Crippen LogP contribution in [0, 0.1) is 43.4 Å². The number of hydrogen-bond donors (Lipinski definition) is 3. The number of carbonyl (C=O) groups excluding carboxylic acids is 2. The number of nitrogens with zero attached hydrogens (tertiary/aromatic N) is 7. The lowest BCUT2D eigenvalue weighted by molar-refractivity contribution is -0.671. The molecule has 3 aromatic carbocycles. The highest BCUT2D eigenvalue weighted by Crippen LogP contribution is 2.57. The maximum atomic E-state index is 15.6. The molecule has 2 unspecified atom stereocenters. The third-order valence-electron chi connectivity index (χ3n) is 16.8. The quantitative estimate of drug-likeness (QED) is 0.0127. The van der Waals surface area contributed by atoms with Gasteiger partial charge in [0.15, 0.2) is 0 Å². The second-order valence-corrected chi connectivity index (χ2v) is 27.1. The van der Waals surface area contributed by atoms with Crippen LogP contribution < -0.4 is 47.8 Å². The van der Waals surface area contributed by atoms with Gasteiger partial charge < -0.3 is 37.9 Å². The van der Waals surface area contributed by atoms with Gasteiger partial charge in [-0.3, -0.25) is 79.8 Å². The predicted octanol–water partition coefficient (Wildman–Crippen LogP) is 4.50. The fraction of sp³-hybridized carbons (Fsp3) is 0.439. The van der Waals surface area contributed by atoms with Gasteiger partial charge in [-0.05, 0) is 61.7 Å². The molecule has 3 aliphatic rings. The minimum atomic E-state index is -5.14. The largest absolute Gasteiger partial charge is 0.497 e. The van der Waals surface area contributed by atoms with E-state index in [9.17, 15) is 48.9 Å². The third-order valence-corrected chi connectivity index (χ3v) is 19.8. The standard InChI is InChI=1S/C66H74N10O24P2/c1-41-34-74(63(82)69-60(41)79)55-30-49(98-59(78)33-58(77)89-29-26-73-25-24-72(4)40-73)53(96-55)38-93-101(85,91-27-10-22-67)100-51-32-57(76-36-43(3)62(81)71-65(76)84)97-54(51)39-94-102(86,92-28-11-23-68)99-50-31-56(75-35-42(2)61(80)70-64(75)83)95-52(50)37-90-66(44-12-8-7-9-13-44,45-14-18-47(87-5)19-15-45)46-16-20-48(88-6)21-17-46/h7-9,12-21,24-25,34-36,40,49-57H,10-11,26-33,37-39H2,1-6H3,(H2-,69,70,71,79,80,81,82,83,84)/p+1/t49-,50-,51-,52+,53+,54+,55+,56+,57+,101?,102?/m0/s1. The summed E-state index contributed by atoms with van der Waals surface area (Å²) < 4.78 is 122. The lowest BCUT2D eigenvalue weighted by atomic mass is 9.80. The highest BCUT2D eigenvalue weighted by atomic mass is 31.2. The topological polar surface area (TPSA) is 418 Å². The summed E-state index contributed by atoms with van der Waals surface area (Å²) in [6.45, 7) is 1.16. The Hall–Kier alpha value is -9.51. The van der Waals surface area contributed by atoms with Crippen molar-refractivity contribution in [2.24, 2.45) is 7.05 Å². The highest BCUT2D eigenvalue weighted by molar-refractivity contribution is 7.48. The summed E-state index contributed by atoms with van der Waals surface area (Å²) in [5.74, 6) is -0.954. The molecule has 102 heavy (non-hydrogen) atoms. The number of esters is 2. The summed E-state index contributed by atoms with van der Waals surface area (Å²) in [7, 11) is -5.42. The first-order valence-electron chi connectivity index (χ1n) is 32.1. The van der Waals surface area contributed by atoms with Crippen LogP contribution in [0.3, 0.4) is 0 Å². The Bertz CT molecular complexity index is 4630. The Morgan fingerprint density at radius 2 is 1.00 bits per heavy atom. The zero-order valence-corrected chi connectivity index (χ0v) is 58.0. The van der Waals surface area contributed by atoms with Crippen LogP contribution >= 0.6 is 15.6 Å². The maximum absolute atomic E-state index is 15.6. The number of hydrogen-bond acceptors (Lipinski definition) is 26. The number of aromatic nitrogens is 8. The summed E-state index contributed by atoms with van der Waals surface area (Å²) in [5, 5.41) is 19.4. The van der Waals surface area contributed by atoms with E-state index in [4.69, 9.17) is 65.0 Å². The van der Waals surface area contributed by atoms with Gasteiger partial charge in [-0.15, -0.1) is 0 Å². The average Bonchev–Trinajstić information content (AvgIpc) is 1.37. The molecule has 3 N–H and O–H groups in total. The minimum absolute atomic E-state index is 0.0559. The van der Waals surface area contributed by atoms with Crippen molar-refractivity contribution in [1.82, 2.24) is 33.2 Å². The molecule has 7 heterocycles. The smallest absolute Gasteiger partial charge is 0.475 e. The van der Waals surface area contributed by atoms with Gasteiger partial charge in [-0.25, -0.2) is 32.6 Å². The average molecular weight is 1450 g/mol. The highest BCUT2D eigenvalue weighted by Gasteiger charge is 2.50. The number of benzene rings is 3. The molecule has 542 valence electrons. The first-order chi connectivity index (χ1) is 48.9. The molecule has 4 aromatic heterocycles. The molecule has 7 aromatic rings. The SMILES string of the molecule is COc1ccc(C(OC[C@H]2O[C@@H](n3cc(C)c(=O)[nH]c3=O)C[C@@H]2OP(=O)(OCCC#N)OC[C@H]2O[C@@H](n3cc(C)c(=O)[nH]c3=O)C[C@@H]2OP(=O)(OCCC#N)OC[C@H]2O[C@@H](n3cc(C)c(=O)[nH]c3=O)C[C@@H]2OC(=O)CC(=O)OCCn2cc[n+](C)c2)(c2ccccc2)c2ccc(OC)cc2)cc1. The van der Waals surface area contributed by atoms with E-state index in [2.05, 4.69) is 15.0 Å². The van der Waals surface area contributed by atoms with Gasteiger partial charge in [0.2, 0.25) is 6.33 Å². The molecule has 3 saturated heterocycles.